The third-order valence-corrected chi connectivity index (χ3v) is 3.22. The highest BCUT2D eigenvalue weighted by Gasteiger charge is 2.30. The van der Waals surface area contributed by atoms with Crippen LogP contribution in [-0.2, 0) is 6.54 Å². The highest BCUT2D eigenvalue weighted by molar-refractivity contribution is 4.96. The van der Waals surface area contributed by atoms with Gasteiger partial charge in [0.1, 0.15) is 5.69 Å². The Morgan fingerprint density at radius 2 is 2.12 bits per heavy atom. The lowest BCUT2D eigenvalue weighted by atomic mass is 9.85. The van der Waals surface area contributed by atoms with E-state index in [1.54, 1.807) is 17.8 Å². The first-order valence-electron chi connectivity index (χ1n) is 5.90. The Morgan fingerprint density at radius 3 is 2.69 bits per heavy atom. The molecule has 0 saturated heterocycles. The molecule has 2 N–H and O–H groups in total. The summed E-state index contributed by atoms with van der Waals surface area (Å²) in [6.07, 6.45) is 6.13. The molecule has 2 rings (SSSR count). The lowest BCUT2D eigenvalue weighted by Gasteiger charge is -2.31. The van der Waals surface area contributed by atoms with Crippen LogP contribution < -0.4 is 0 Å². The quantitative estimate of drug-likeness (QED) is 0.806. The molecular formula is C11H19N3O2. The van der Waals surface area contributed by atoms with E-state index in [2.05, 4.69) is 10.3 Å². The van der Waals surface area contributed by atoms with Crippen molar-refractivity contribution in [2.45, 2.75) is 57.3 Å². The van der Waals surface area contributed by atoms with Crippen LogP contribution in [0.2, 0.25) is 0 Å². The zero-order valence-electron chi connectivity index (χ0n) is 9.63. The van der Waals surface area contributed by atoms with Crippen LogP contribution in [0, 0.1) is 0 Å². The molecule has 1 aliphatic carbocycles. The number of hydrogen-bond acceptors (Lipinski definition) is 4. The summed E-state index contributed by atoms with van der Waals surface area (Å²) in [5.74, 6) is 0. The molecule has 0 spiro atoms. The van der Waals surface area contributed by atoms with E-state index in [1.807, 2.05) is 0 Å². The molecule has 5 heteroatoms. The molecule has 1 aromatic rings. The Kier molecular flexibility index (Phi) is 3.25. The highest BCUT2D eigenvalue weighted by Crippen LogP contribution is 2.29. The van der Waals surface area contributed by atoms with Crippen molar-refractivity contribution in [3.63, 3.8) is 0 Å². The van der Waals surface area contributed by atoms with E-state index in [0.29, 0.717) is 12.2 Å². The first kappa shape index (κ1) is 11.5. The minimum atomic E-state index is -0.637. The van der Waals surface area contributed by atoms with Gasteiger partial charge in [-0.05, 0) is 19.8 Å². The van der Waals surface area contributed by atoms with E-state index in [9.17, 15) is 10.2 Å². The van der Waals surface area contributed by atoms with Gasteiger partial charge in [-0.3, -0.25) is 0 Å². The molecule has 0 aliphatic heterocycles. The van der Waals surface area contributed by atoms with Crippen LogP contribution in [0.4, 0.5) is 0 Å². The summed E-state index contributed by atoms with van der Waals surface area (Å²) >= 11 is 0. The second-order valence-corrected chi connectivity index (χ2v) is 4.80. The fourth-order valence-electron chi connectivity index (χ4n) is 2.25. The van der Waals surface area contributed by atoms with Crippen molar-refractivity contribution in [1.82, 2.24) is 15.0 Å². The first-order valence-corrected chi connectivity index (χ1v) is 5.90. The number of rotatable bonds is 3. The molecule has 1 unspecified atom stereocenters. The van der Waals surface area contributed by atoms with Gasteiger partial charge in [-0.2, -0.15) is 0 Å². The Bertz CT molecular complexity index is 343. The number of nitrogens with zero attached hydrogens (tertiary/aromatic N) is 3. The molecule has 1 saturated carbocycles. The minimum Gasteiger partial charge on any atom is -0.388 e. The molecule has 1 aromatic heterocycles. The van der Waals surface area contributed by atoms with E-state index in [0.717, 1.165) is 25.7 Å². The van der Waals surface area contributed by atoms with E-state index in [-0.39, 0.29) is 0 Å². The predicted octanol–water partition coefficient (Wildman–Crippen LogP) is 1.03. The summed E-state index contributed by atoms with van der Waals surface area (Å²) < 4.78 is 1.63. The molecule has 1 heterocycles. The third-order valence-electron chi connectivity index (χ3n) is 3.22. The van der Waals surface area contributed by atoms with Gasteiger partial charge in [0.15, 0.2) is 0 Å². The third kappa shape index (κ3) is 2.59. The smallest absolute Gasteiger partial charge is 0.111 e. The molecule has 0 radical (unpaired) electrons. The number of aliphatic hydroxyl groups excluding tert-OH is 1. The second kappa shape index (κ2) is 4.51. The van der Waals surface area contributed by atoms with Crippen molar-refractivity contribution in [3.8, 4) is 0 Å². The lowest BCUT2D eigenvalue weighted by Crippen LogP contribution is -2.36. The fraction of sp³-hybridized carbons (Fsp3) is 0.818. The maximum absolute atomic E-state index is 10.3. The average Bonchev–Trinajstić information content (AvgIpc) is 2.66. The topological polar surface area (TPSA) is 71.2 Å². The predicted molar refractivity (Wildman–Crippen MR) is 58.7 cm³/mol. The lowest BCUT2D eigenvalue weighted by molar-refractivity contribution is -0.0147. The Balaban J connectivity index is 2.02. The van der Waals surface area contributed by atoms with Gasteiger partial charge >= 0.3 is 0 Å². The summed E-state index contributed by atoms with van der Waals surface area (Å²) in [6.45, 7) is 2.14. The van der Waals surface area contributed by atoms with E-state index in [1.165, 1.54) is 6.42 Å². The summed E-state index contributed by atoms with van der Waals surface area (Å²) in [4.78, 5) is 0. The molecule has 1 atom stereocenters. The Morgan fingerprint density at radius 1 is 1.44 bits per heavy atom. The molecular weight excluding hydrogens is 206 g/mol. The monoisotopic (exact) mass is 225 g/mol. The Hall–Kier alpha value is -0.940. The van der Waals surface area contributed by atoms with Crippen molar-refractivity contribution >= 4 is 0 Å². The second-order valence-electron chi connectivity index (χ2n) is 4.80. The van der Waals surface area contributed by atoms with Gasteiger partial charge < -0.3 is 10.2 Å². The van der Waals surface area contributed by atoms with Gasteiger partial charge in [0, 0.05) is 0 Å². The minimum absolute atomic E-state index is 0.479. The highest BCUT2D eigenvalue weighted by atomic mass is 16.3. The summed E-state index contributed by atoms with van der Waals surface area (Å²) in [7, 11) is 0. The number of aliphatic hydroxyl groups is 2. The molecule has 0 aromatic carbocycles. The van der Waals surface area contributed by atoms with Gasteiger partial charge in [-0.15, -0.1) is 5.10 Å². The largest absolute Gasteiger partial charge is 0.388 e. The normalized spacial score (nSPS) is 21.9. The number of hydrogen-bond donors (Lipinski definition) is 2. The average molecular weight is 225 g/mol. The van der Waals surface area contributed by atoms with Gasteiger partial charge in [-0.25, -0.2) is 4.68 Å². The summed E-state index contributed by atoms with van der Waals surface area (Å²) in [5.41, 5.74) is -0.0820. The fourth-order valence-corrected chi connectivity index (χ4v) is 2.25. The van der Waals surface area contributed by atoms with Crippen LogP contribution in [-0.4, -0.2) is 30.8 Å². The summed E-state index contributed by atoms with van der Waals surface area (Å²) in [5, 5.41) is 27.4. The maximum atomic E-state index is 10.3. The van der Waals surface area contributed by atoms with Crippen molar-refractivity contribution in [2.24, 2.45) is 0 Å². The Labute approximate surface area is 95.1 Å². The SMILES string of the molecule is CC(O)c1cn(CC2(O)CCCCC2)nn1. The van der Waals surface area contributed by atoms with E-state index >= 15 is 0 Å². The standard InChI is InChI=1S/C11H19N3O2/c1-9(15)10-7-14(13-12-10)8-11(16)5-3-2-4-6-11/h7,9,15-16H,2-6,8H2,1H3. The summed E-state index contributed by atoms with van der Waals surface area (Å²) in [6, 6.07) is 0. The van der Waals surface area contributed by atoms with Gasteiger partial charge in [-0.1, -0.05) is 24.5 Å². The maximum Gasteiger partial charge on any atom is 0.111 e. The zero-order chi connectivity index (χ0) is 11.6. The van der Waals surface area contributed by atoms with Crippen LogP contribution in [0.15, 0.2) is 6.20 Å². The molecule has 1 aliphatic rings. The van der Waals surface area contributed by atoms with Gasteiger partial charge in [0.2, 0.25) is 0 Å². The van der Waals surface area contributed by atoms with Crippen molar-refractivity contribution in [3.05, 3.63) is 11.9 Å². The van der Waals surface area contributed by atoms with Gasteiger partial charge in [0.25, 0.3) is 0 Å². The first-order chi connectivity index (χ1) is 7.59. The van der Waals surface area contributed by atoms with E-state index in [4.69, 9.17) is 0 Å². The van der Waals surface area contributed by atoms with Gasteiger partial charge in [0.05, 0.1) is 24.4 Å². The van der Waals surface area contributed by atoms with Crippen LogP contribution in [0.5, 0.6) is 0 Å². The van der Waals surface area contributed by atoms with Crippen LogP contribution >= 0.6 is 0 Å². The molecule has 16 heavy (non-hydrogen) atoms. The zero-order valence-corrected chi connectivity index (χ0v) is 9.63. The van der Waals surface area contributed by atoms with Crippen LogP contribution in [0.1, 0.15) is 50.8 Å². The van der Waals surface area contributed by atoms with Crippen LogP contribution in [0.3, 0.4) is 0 Å². The number of aromatic nitrogens is 3. The van der Waals surface area contributed by atoms with Crippen molar-refractivity contribution < 1.29 is 10.2 Å². The molecule has 5 nitrogen and oxygen atoms in total. The molecule has 90 valence electrons. The van der Waals surface area contributed by atoms with Crippen LogP contribution in [0.25, 0.3) is 0 Å². The molecule has 1 fully saturated rings. The molecule has 0 amide bonds. The van der Waals surface area contributed by atoms with Crippen molar-refractivity contribution in [2.75, 3.05) is 0 Å². The molecule has 0 bridgehead atoms. The van der Waals surface area contributed by atoms with Crippen molar-refractivity contribution in [1.29, 1.82) is 0 Å². The van der Waals surface area contributed by atoms with E-state index < -0.39 is 11.7 Å².